The number of carbonyl (C=O) groups excluding carboxylic acids is 1. The Labute approximate surface area is 209 Å². The van der Waals surface area contributed by atoms with E-state index in [2.05, 4.69) is 28.1 Å². The Morgan fingerprint density at radius 1 is 0.886 bits per heavy atom. The number of allylic oxidation sites excluding steroid dienone is 2. The molecule has 0 amide bonds. The molecule has 3 atom stereocenters. The zero-order valence-corrected chi connectivity index (χ0v) is 22.0. The summed E-state index contributed by atoms with van der Waals surface area (Å²) in [6, 6.07) is -1.52. The van der Waals surface area contributed by atoms with E-state index in [-0.39, 0.29) is 6.42 Å². The van der Waals surface area contributed by atoms with Gasteiger partial charge in [-0.05, 0) is 32.1 Å². The van der Waals surface area contributed by atoms with Gasteiger partial charge in [0.2, 0.25) is 0 Å². The second-order valence-corrected chi connectivity index (χ2v) is 10.1. The molecule has 35 heavy (non-hydrogen) atoms. The maximum Gasteiger partial charge on any atom is 0.472 e. The third kappa shape index (κ3) is 22.9. The van der Waals surface area contributed by atoms with Crippen LogP contribution in [0.25, 0.3) is 0 Å². The van der Waals surface area contributed by atoms with Crippen LogP contribution in [-0.2, 0) is 27.9 Å². The number of ether oxygens (including phenoxy) is 1. The van der Waals surface area contributed by atoms with E-state index in [0.717, 1.165) is 38.5 Å². The first-order valence-corrected chi connectivity index (χ1v) is 14.2. The van der Waals surface area contributed by atoms with Gasteiger partial charge in [0.05, 0.1) is 13.2 Å². The van der Waals surface area contributed by atoms with Gasteiger partial charge in [-0.2, -0.15) is 0 Å². The van der Waals surface area contributed by atoms with Crippen LogP contribution in [-0.4, -0.2) is 54.0 Å². The number of phosphoric ester groups is 1. The molecular weight excluding hydrogens is 480 g/mol. The third-order valence-corrected chi connectivity index (χ3v) is 6.17. The minimum atomic E-state index is -4.66. The van der Waals surface area contributed by atoms with E-state index in [9.17, 15) is 23.4 Å². The number of carboxylic acid groups (broad SMARTS) is 1. The van der Waals surface area contributed by atoms with E-state index < -0.39 is 51.8 Å². The predicted octanol–water partition coefficient (Wildman–Crippen LogP) is 5.45. The normalized spacial score (nSPS) is 15.1. The highest BCUT2D eigenvalue weighted by Crippen LogP contribution is 2.43. The summed E-state index contributed by atoms with van der Waals surface area (Å²) >= 11 is 0. The number of aliphatic carboxylic acids is 1. The van der Waals surface area contributed by atoms with Gasteiger partial charge in [0.15, 0.2) is 6.17 Å². The van der Waals surface area contributed by atoms with Crippen molar-refractivity contribution in [3.63, 3.8) is 0 Å². The number of phosphoric acid groups is 1. The van der Waals surface area contributed by atoms with Crippen molar-refractivity contribution in [1.29, 1.82) is 0 Å². The van der Waals surface area contributed by atoms with Gasteiger partial charge in [-0.3, -0.25) is 18.6 Å². The summed E-state index contributed by atoms with van der Waals surface area (Å²) in [5, 5.41) is 8.57. The largest absolute Gasteiger partial charge is 0.480 e. The molecule has 0 fully saturated rings. The van der Waals surface area contributed by atoms with Crippen molar-refractivity contribution >= 4 is 19.8 Å². The van der Waals surface area contributed by atoms with Crippen LogP contribution in [0, 0.1) is 0 Å². The van der Waals surface area contributed by atoms with Crippen molar-refractivity contribution < 1.29 is 42.3 Å². The lowest BCUT2D eigenvalue weighted by Crippen LogP contribution is -2.34. The fourth-order valence-electron chi connectivity index (χ4n) is 3.10. The fraction of sp³-hybridized carbons (Fsp3) is 0.833. The average molecular weight is 526 g/mol. The van der Waals surface area contributed by atoms with Crippen LogP contribution in [0.1, 0.15) is 96.8 Å². The van der Waals surface area contributed by atoms with Crippen LogP contribution in [0.4, 0.5) is 4.39 Å². The van der Waals surface area contributed by atoms with Gasteiger partial charge in [0, 0.05) is 6.42 Å². The van der Waals surface area contributed by atoms with Crippen molar-refractivity contribution in [2.45, 2.75) is 109 Å². The number of carbonyl (C=O) groups is 2. The van der Waals surface area contributed by atoms with Crippen LogP contribution in [0.5, 0.6) is 0 Å². The standard InChI is InChI=1S/C24H45FNO8P/c1-2-3-4-5-6-7-8-9-10-11-12-13-14-15-16-17-23(27)32-18-21(25)19-33-35(30,31)34-20-22(26)24(28)29/h9-10,21-22H,2-8,11-20,26H2,1H3,(H,28,29)(H,30,31)/b10-9-/t21-,22+/m1/s1. The average Bonchev–Trinajstić information content (AvgIpc) is 2.82. The van der Waals surface area contributed by atoms with Crippen LogP contribution >= 0.6 is 7.82 Å². The highest BCUT2D eigenvalue weighted by atomic mass is 31.2. The maximum absolute atomic E-state index is 13.7. The highest BCUT2D eigenvalue weighted by molar-refractivity contribution is 7.47. The molecule has 0 saturated heterocycles. The Kier molecular flexibility index (Phi) is 21.1. The number of hydrogen-bond acceptors (Lipinski definition) is 7. The lowest BCUT2D eigenvalue weighted by atomic mass is 10.1. The van der Waals surface area contributed by atoms with Gasteiger partial charge >= 0.3 is 19.8 Å². The summed E-state index contributed by atoms with van der Waals surface area (Å²) in [7, 11) is -4.66. The molecule has 0 aliphatic carbocycles. The number of carboxylic acids is 1. The monoisotopic (exact) mass is 525 g/mol. The first-order chi connectivity index (χ1) is 16.7. The van der Waals surface area contributed by atoms with E-state index in [1.165, 1.54) is 38.5 Å². The first kappa shape index (κ1) is 33.7. The number of alkyl halides is 1. The molecule has 0 aromatic heterocycles. The smallest absolute Gasteiger partial charge is 0.472 e. The minimum absolute atomic E-state index is 0.181. The molecule has 9 nitrogen and oxygen atoms in total. The summed E-state index contributed by atoms with van der Waals surface area (Å²) in [5.41, 5.74) is 5.13. The number of nitrogens with two attached hydrogens (primary N) is 1. The quantitative estimate of drug-likeness (QED) is 0.0648. The molecule has 0 heterocycles. The fourth-order valence-corrected chi connectivity index (χ4v) is 3.88. The molecule has 0 aromatic rings. The maximum atomic E-state index is 13.7. The highest BCUT2D eigenvalue weighted by Gasteiger charge is 2.26. The molecule has 0 bridgehead atoms. The van der Waals surface area contributed by atoms with Crippen LogP contribution < -0.4 is 5.73 Å². The molecule has 0 aliphatic rings. The van der Waals surface area contributed by atoms with Gasteiger partial charge in [-0.1, -0.05) is 70.4 Å². The molecule has 1 unspecified atom stereocenters. The topological polar surface area (TPSA) is 145 Å². The molecule has 4 N–H and O–H groups in total. The Bertz CT molecular complexity index is 635. The third-order valence-electron chi connectivity index (χ3n) is 5.22. The molecule has 11 heteroatoms. The SMILES string of the molecule is CCCCCCCC/C=C\CCCCCCCC(=O)OC[C@@H](F)COP(=O)(O)OC[C@H](N)C(=O)O. The molecule has 0 aromatic carbocycles. The predicted molar refractivity (Wildman–Crippen MR) is 133 cm³/mol. The van der Waals surface area contributed by atoms with E-state index in [4.69, 9.17) is 15.6 Å². The second-order valence-electron chi connectivity index (χ2n) is 8.62. The summed E-state index contributed by atoms with van der Waals surface area (Å²) in [5.74, 6) is -1.97. The van der Waals surface area contributed by atoms with Gasteiger partial charge < -0.3 is 20.5 Å². The number of halogens is 1. The van der Waals surface area contributed by atoms with Crippen molar-refractivity contribution in [3.05, 3.63) is 12.2 Å². The zero-order valence-electron chi connectivity index (χ0n) is 21.1. The molecule has 0 saturated carbocycles. The summed E-state index contributed by atoms with van der Waals surface area (Å²) in [6.45, 7) is -0.00737. The summed E-state index contributed by atoms with van der Waals surface area (Å²) in [6.07, 6.45) is 17.8. The lowest BCUT2D eigenvalue weighted by molar-refractivity contribution is -0.145. The van der Waals surface area contributed by atoms with Crippen LogP contribution in [0.15, 0.2) is 12.2 Å². The first-order valence-electron chi connectivity index (χ1n) is 12.7. The van der Waals surface area contributed by atoms with Crippen molar-refractivity contribution in [1.82, 2.24) is 0 Å². The summed E-state index contributed by atoms with van der Waals surface area (Å²) < 4.78 is 38.9. The molecule has 0 spiro atoms. The number of rotatable bonds is 24. The molecular formula is C24H45FNO8P. The van der Waals surface area contributed by atoms with Gasteiger partial charge in [0.1, 0.15) is 12.6 Å². The Morgan fingerprint density at radius 2 is 1.40 bits per heavy atom. The van der Waals surface area contributed by atoms with E-state index in [1.807, 2.05) is 0 Å². The number of esters is 1. The minimum Gasteiger partial charge on any atom is -0.480 e. The Hall–Kier alpha value is -1.32. The van der Waals surface area contributed by atoms with Crippen LogP contribution in [0.2, 0.25) is 0 Å². The van der Waals surface area contributed by atoms with Crippen molar-refractivity contribution in [2.24, 2.45) is 5.73 Å². The van der Waals surface area contributed by atoms with E-state index in [1.54, 1.807) is 0 Å². The van der Waals surface area contributed by atoms with E-state index in [0.29, 0.717) is 6.42 Å². The number of hydrogen-bond donors (Lipinski definition) is 3. The second kappa shape index (κ2) is 21.9. The molecule has 0 radical (unpaired) electrons. The Morgan fingerprint density at radius 3 is 1.97 bits per heavy atom. The van der Waals surface area contributed by atoms with Crippen molar-refractivity contribution in [3.8, 4) is 0 Å². The molecule has 206 valence electrons. The zero-order chi connectivity index (χ0) is 26.4. The van der Waals surface area contributed by atoms with Gasteiger partial charge in [-0.25, -0.2) is 8.96 Å². The molecule has 0 rings (SSSR count). The van der Waals surface area contributed by atoms with Crippen molar-refractivity contribution in [2.75, 3.05) is 19.8 Å². The Balaban J connectivity index is 3.62. The summed E-state index contributed by atoms with van der Waals surface area (Å²) in [4.78, 5) is 31.6. The van der Waals surface area contributed by atoms with Crippen LogP contribution in [0.3, 0.4) is 0 Å². The molecule has 0 aliphatic heterocycles. The number of unbranched alkanes of at least 4 members (excludes halogenated alkanes) is 11. The lowest BCUT2D eigenvalue weighted by Gasteiger charge is -2.15. The van der Waals surface area contributed by atoms with Gasteiger partial charge in [0.25, 0.3) is 0 Å². The van der Waals surface area contributed by atoms with Gasteiger partial charge in [-0.15, -0.1) is 0 Å². The van der Waals surface area contributed by atoms with E-state index >= 15 is 0 Å².